The summed E-state index contributed by atoms with van der Waals surface area (Å²) in [4.78, 5) is 28.5. The summed E-state index contributed by atoms with van der Waals surface area (Å²) in [5.74, 6) is -2.04. The summed E-state index contributed by atoms with van der Waals surface area (Å²) in [6.45, 7) is 8.93. The summed E-state index contributed by atoms with van der Waals surface area (Å²) in [6.07, 6.45) is 1.83. The largest absolute Gasteiger partial charge is 3.00 e. The van der Waals surface area contributed by atoms with Gasteiger partial charge in [-0.3, -0.25) is 0 Å². The number of carbonyl (C=O) groups excluding carboxylic acids is 3. The second-order valence-electron chi connectivity index (χ2n) is 5.10. The number of hydrogen-bond donors (Lipinski definition) is 0. The molecule has 0 spiro atoms. The SMILES string of the molecule is CC(=O)[O-].CC(C)CCC(=O)[O-].CC(C)CCC(=O)[O-].[Al+3]. The third-order valence-corrected chi connectivity index (χ3v) is 1.85. The molecule has 0 N–H and O–H groups in total. The summed E-state index contributed by atoms with van der Waals surface area (Å²) < 4.78 is 0. The normalized spacial score (nSPS) is 8.71. The molecule has 0 saturated carbocycles. The van der Waals surface area contributed by atoms with E-state index in [9.17, 15) is 19.8 Å². The molecule has 0 heterocycles. The van der Waals surface area contributed by atoms with Crippen LogP contribution in [0.3, 0.4) is 0 Å². The molecule has 0 unspecified atom stereocenters. The van der Waals surface area contributed by atoms with Gasteiger partial charge in [0.25, 0.3) is 0 Å². The van der Waals surface area contributed by atoms with Gasteiger partial charge >= 0.3 is 17.4 Å². The van der Waals surface area contributed by atoms with Crippen molar-refractivity contribution >= 4 is 35.3 Å². The molecular weight excluding hydrogens is 291 g/mol. The van der Waals surface area contributed by atoms with Gasteiger partial charge in [-0.15, -0.1) is 0 Å². The Balaban J connectivity index is -0.000000107. The van der Waals surface area contributed by atoms with Crippen LogP contribution in [-0.2, 0) is 14.4 Å². The number of carboxylic acid groups (broad SMARTS) is 3. The molecule has 0 amide bonds. The quantitative estimate of drug-likeness (QED) is 0.563. The van der Waals surface area contributed by atoms with Crippen LogP contribution in [0.15, 0.2) is 0 Å². The van der Waals surface area contributed by atoms with Crippen molar-refractivity contribution in [3.05, 3.63) is 0 Å². The van der Waals surface area contributed by atoms with E-state index < -0.39 is 17.9 Å². The van der Waals surface area contributed by atoms with Crippen LogP contribution in [0.2, 0.25) is 0 Å². The first-order valence-corrected chi connectivity index (χ1v) is 6.56. The van der Waals surface area contributed by atoms with Gasteiger partial charge in [-0.25, -0.2) is 0 Å². The molecule has 6 nitrogen and oxygen atoms in total. The molecule has 0 aliphatic carbocycles. The third-order valence-electron chi connectivity index (χ3n) is 1.85. The van der Waals surface area contributed by atoms with Crippen LogP contribution in [0.5, 0.6) is 0 Å². The van der Waals surface area contributed by atoms with Gasteiger partial charge in [0.05, 0.1) is 0 Å². The van der Waals surface area contributed by atoms with Crippen molar-refractivity contribution in [1.29, 1.82) is 0 Å². The Hall–Kier alpha value is -1.06. The van der Waals surface area contributed by atoms with Crippen molar-refractivity contribution in [3.63, 3.8) is 0 Å². The third kappa shape index (κ3) is 68.0. The van der Waals surface area contributed by atoms with E-state index in [1.165, 1.54) is 0 Å². The fourth-order valence-corrected chi connectivity index (χ4v) is 0.813. The fraction of sp³-hybridized carbons (Fsp3) is 0.786. The van der Waals surface area contributed by atoms with Crippen LogP contribution in [0.25, 0.3) is 0 Å². The van der Waals surface area contributed by atoms with Gasteiger partial charge in [0, 0.05) is 17.9 Å². The van der Waals surface area contributed by atoms with Crippen LogP contribution >= 0.6 is 0 Å². The van der Waals surface area contributed by atoms with Crippen molar-refractivity contribution < 1.29 is 29.7 Å². The fourth-order valence-electron chi connectivity index (χ4n) is 0.813. The maximum absolute atomic E-state index is 9.79. The molecule has 0 rings (SSSR count). The molecule has 0 bridgehead atoms. The van der Waals surface area contributed by atoms with Crippen LogP contribution in [0, 0.1) is 11.8 Å². The van der Waals surface area contributed by atoms with Crippen LogP contribution < -0.4 is 15.3 Å². The summed E-state index contributed by atoms with van der Waals surface area (Å²) in [5, 5.41) is 28.5. The first-order chi connectivity index (χ1) is 8.98. The van der Waals surface area contributed by atoms with E-state index in [0.29, 0.717) is 11.8 Å². The Morgan fingerprint density at radius 2 is 0.952 bits per heavy atom. The molecule has 21 heavy (non-hydrogen) atoms. The molecular formula is C14H25AlO6. The second kappa shape index (κ2) is 18.9. The zero-order valence-electron chi connectivity index (χ0n) is 13.5. The average Bonchev–Trinajstić information content (AvgIpc) is 2.23. The zero-order chi connectivity index (χ0) is 16.7. The first-order valence-electron chi connectivity index (χ1n) is 6.56. The average molecular weight is 316 g/mol. The molecule has 0 atom stereocenters. The molecule has 0 fully saturated rings. The number of rotatable bonds is 6. The van der Waals surface area contributed by atoms with Crippen molar-refractivity contribution in [2.24, 2.45) is 11.8 Å². The van der Waals surface area contributed by atoms with Crippen LogP contribution in [-0.4, -0.2) is 35.3 Å². The summed E-state index contributed by atoms with van der Waals surface area (Å²) in [7, 11) is 0. The van der Waals surface area contributed by atoms with E-state index >= 15 is 0 Å². The number of carboxylic acids is 3. The minimum Gasteiger partial charge on any atom is -0.550 e. The maximum atomic E-state index is 9.79. The van der Waals surface area contributed by atoms with E-state index in [0.717, 1.165) is 19.8 Å². The summed E-state index contributed by atoms with van der Waals surface area (Å²) in [5.41, 5.74) is 0. The predicted octanol–water partition coefficient (Wildman–Crippen LogP) is -1.28. The van der Waals surface area contributed by atoms with Crippen molar-refractivity contribution in [3.8, 4) is 0 Å². The molecule has 0 aromatic heterocycles. The van der Waals surface area contributed by atoms with Crippen LogP contribution in [0.4, 0.5) is 0 Å². The second-order valence-corrected chi connectivity index (χ2v) is 5.10. The molecule has 120 valence electrons. The summed E-state index contributed by atoms with van der Waals surface area (Å²) >= 11 is 0. The predicted molar refractivity (Wildman–Crippen MR) is 74.6 cm³/mol. The van der Waals surface area contributed by atoms with E-state index in [2.05, 4.69) is 0 Å². The summed E-state index contributed by atoms with van der Waals surface area (Å²) in [6, 6.07) is 0. The van der Waals surface area contributed by atoms with Crippen LogP contribution in [0.1, 0.15) is 60.3 Å². The standard InChI is InChI=1S/2C6H12O2.C2H4O2.Al/c2*1-5(2)3-4-6(7)8;1-2(3)4;/h2*5H,3-4H2,1-2H3,(H,7,8);1H3,(H,3,4);/q;;;+3/p-3. The number of hydrogen-bond acceptors (Lipinski definition) is 6. The van der Waals surface area contributed by atoms with E-state index in [4.69, 9.17) is 9.90 Å². The minimum atomic E-state index is -1.08. The Morgan fingerprint density at radius 3 is 1.00 bits per heavy atom. The van der Waals surface area contributed by atoms with Crippen molar-refractivity contribution in [1.82, 2.24) is 0 Å². The van der Waals surface area contributed by atoms with Gasteiger partial charge in [0.2, 0.25) is 0 Å². The van der Waals surface area contributed by atoms with E-state index in [1.807, 2.05) is 27.7 Å². The molecule has 0 radical (unpaired) electrons. The van der Waals surface area contributed by atoms with Gasteiger partial charge in [0.1, 0.15) is 0 Å². The van der Waals surface area contributed by atoms with Crippen molar-refractivity contribution in [2.45, 2.75) is 60.3 Å². The topological polar surface area (TPSA) is 120 Å². The van der Waals surface area contributed by atoms with Gasteiger partial charge in [-0.2, -0.15) is 0 Å². The molecule has 7 heteroatoms. The smallest absolute Gasteiger partial charge is 0.550 e. The van der Waals surface area contributed by atoms with Gasteiger partial charge in [-0.05, 0) is 44.4 Å². The van der Waals surface area contributed by atoms with Gasteiger partial charge in [0.15, 0.2) is 0 Å². The zero-order valence-corrected chi connectivity index (χ0v) is 14.7. The Bertz CT molecular complexity index is 251. The van der Waals surface area contributed by atoms with E-state index in [1.54, 1.807) is 0 Å². The monoisotopic (exact) mass is 316 g/mol. The first kappa shape index (κ1) is 28.2. The Labute approximate surface area is 137 Å². The van der Waals surface area contributed by atoms with Crippen molar-refractivity contribution in [2.75, 3.05) is 0 Å². The molecule has 0 saturated heterocycles. The molecule has 0 aromatic carbocycles. The number of aliphatic carboxylic acids is 3. The minimum absolute atomic E-state index is 0. The molecule has 0 aromatic rings. The molecule has 0 aliphatic heterocycles. The number of carbonyl (C=O) groups is 3. The van der Waals surface area contributed by atoms with Gasteiger partial charge < -0.3 is 29.7 Å². The molecule has 0 aliphatic rings. The maximum Gasteiger partial charge on any atom is 3.00 e. The Morgan fingerprint density at radius 1 is 0.762 bits per heavy atom. The van der Waals surface area contributed by atoms with Gasteiger partial charge in [-0.1, -0.05) is 27.7 Å². The Kier molecular flexibility index (Phi) is 25.4. The van der Waals surface area contributed by atoms with E-state index in [-0.39, 0.29) is 30.2 Å².